The maximum Gasteiger partial charge on any atom is 0.336 e. The minimum absolute atomic E-state index is 0.198. The second kappa shape index (κ2) is 6.44. The molecule has 0 heterocycles. The highest BCUT2D eigenvalue weighted by Gasteiger charge is 2.08. The van der Waals surface area contributed by atoms with Crippen LogP contribution >= 0.6 is 0 Å². The van der Waals surface area contributed by atoms with Crippen LogP contribution in [0.15, 0.2) is 29.4 Å². The largest absolute Gasteiger partial charge is 0.478 e. The maximum atomic E-state index is 10.8. The van der Waals surface area contributed by atoms with Gasteiger partial charge in [-0.1, -0.05) is 23.3 Å². The lowest BCUT2D eigenvalue weighted by Crippen LogP contribution is -2.05. The van der Waals surface area contributed by atoms with E-state index in [0.717, 1.165) is 0 Å². The van der Waals surface area contributed by atoms with Crippen molar-refractivity contribution in [2.45, 2.75) is 6.61 Å². The highest BCUT2D eigenvalue weighted by molar-refractivity contribution is 5.89. The molecule has 0 aliphatic rings. The summed E-state index contributed by atoms with van der Waals surface area (Å²) in [6.45, 7) is 0.715. The highest BCUT2D eigenvalue weighted by Crippen LogP contribution is 2.09. The molecule has 0 aromatic heterocycles. The lowest BCUT2D eigenvalue weighted by molar-refractivity contribution is 0.0688. The zero-order valence-electron chi connectivity index (χ0n) is 8.54. The van der Waals surface area contributed by atoms with Crippen LogP contribution in [0.1, 0.15) is 15.9 Å². The molecule has 0 atom stereocenters. The summed E-state index contributed by atoms with van der Waals surface area (Å²) in [5.41, 5.74) is 8.86. The molecule has 0 saturated carbocycles. The van der Waals surface area contributed by atoms with Gasteiger partial charge in [0.2, 0.25) is 0 Å². The van der Waals surface area contributed by atoms with Crippen LogP contribution < -0.4 is 0 Å². The topological polar surface area (TPSA) is 95.3 Å². The Hall–Kier alpha value is -2.04. The summed E-state index contributed by atoms with van der Waals surface area (Å²) in [6, 6.07) is 6.62. The van der Waals surface area contributed by atoms with Crippen molar-refractivity contribution in [3.05, 3.63) is 45.8 Å². The van der Waals surface area contributed by atoms with Crippen LogP contribution in [-0.2, 0) is 11.3 Å². The average molecular weight is 221 g/mol. The maximum absolute atomic E-state index is 10.8. The number of hydrogen-bond acceptors (Lipinski definition) is 3. The molecule has 1 aromatic carbocycles. The number of nitrogens with zero attached hydrogens (tertiary/aromatic N) is 3. The highest BCUT2D eigenvalue weighted by atomic mass is 16.5. The molecule has 1 N–H and O–H groups in total. The molecule has 0 saturated heterocycles. The van der Waals surface area contributed by atoms with Crippen molar-refractivity contribution in [1.29, 1.82) is 0 Å². The Morgan fingerprint density at radius 2 is 2.25 bits per heavy atom. The fourth-order valence-electron chi connectivity index (χ4n) is 1.19. The molecule has 0 amide bonds. The molecular formula is C10H11N3O3. The Morgan fingerprint density at radius 1 is 1.50 bits per heavy atom. The molecule has 0 fully saturated rings. The van der Waals surface area contributed by atoms with E-state index in [1.54, 1.807) is 18.2 Å². The van der Waals surface area contributed by atoms with Crippen LogP contribution in [0.4, 0.5) is 0 Å². The van der Waals surface area contributed by atoms with Gasteiger partial charge in [-0.15, -0.1) is 0 Å². The second-order valence-corrected chi connectivity index (χ2v) is 2.97. The van der Waals surface area contributed by atoms with Crippen LogP contribution in [0.3, 0.4) is 0 Å². The second-order valence-electron chi connectivity index (χ2n) is 2.97. The first-order chi connectivity index (χ1) is 7.75. The van der Waals surface area contributed by atoms with Gasteiger partial charge in [0.25, 0.3) is 0 Å². The number of azide groups is 1. The van der Waals surface area contributed by atoms with Crippen LogP contribution in [-0.4, -0.2) is 24.2 Å². The third kappa shape index (κ3) is 3.61. The number of rotatable bonds is 6. The third-order valence-corrected chi connectivity index (χ3v) is 1.90. The van der Waals surface area contributed by atoms with E-state index in [-0.39, 0.29) is 25.3 Å². The molecule has 0 radical (unpaired) electrons. The Bertz CT molecular complexity index is 414. The van der Waals surface area contributed by atoms with Gasteiger partial charge in [0.05, 0.1) is 18.8 Å². The zero-order chi connectivity index (χ0) is 11.8. The first-order valence-corrected chi connectivity index (χ1v) is 4.65. The molecule has 84 valence electrons. The molecule has 0 spiro atoms. The lowest BCUT2D eigenvalue weighted by Gasteiger charge is -2.05. The summed E-state index contributed by atoms with van der Waals surface area (Å²) in [5.74, 6) is -0.978. The summed E-state index contributed by atoms with van der Waals surface area (Å²) < 4.78 is 5.18. The Morgan fingerprint density at radius 3 is 2.94 bits per heavy atom. The lowest BCUT2D eigenvalue weighted by atomic mass is 10.1. The monoisotopic (exact) mass is 221 g/mol. The minimum Gasteiger partial charge on any atom is -0.478 e. The van der Waals surface area contributed by atoms with Crippen molar-refractivity contribution in [3.63, 3.8) is 0 Å². The van der Waals surface area contributed by atoms with E-state index in [4.69, 9.17) is 15.4 Å². The third-order valence-electron chi connectivity index (χ3n) is 1.90. The van der Waals surface area contributed by atoms with E-state index < -0.39 is 5.97 Å². The molecule has 0 unspecified atom stereocenters. The molecular weight excluding hydrogens is 210 g/mol. The first-order valence-electron chi connectivity index (χ1n) is 4.65. The Balaban J connectivity index is 2.53. The zero-order valence-corrected chi connectivity index (χ0v) is 8.54. The fraction of sp³-hybridized carbons (Fsp3) is 0.300. The van der Waals surface area contributed by atoms with Crippen molar-refractivity contribution >= 4 is 5.97 Å². The molecule has 6 heteroatoms. The van der Waals surface area contributed by atoms with Gasteiger partial charge in [-0.2, -0.15) is 0 Å². The molecule has 0 aliphatic carbocycles. The number of carboxylic acids is 1. The number of hydrogen-bond donors (Lipinski definition) is 1. The van der Waals surface area contributed by atoms with Gasteiger partial charge in [0.15, 0.2) is 0 Å². The van der Waals surface area contributed by atoms with Gasteiger partial charge in [0.1, 0.15) is 0 Å². The van der Waals surface area contributed by atoms with Gasteiger partial charge in [0, 0.05) is 11.5 Å². The van der Waals surface area contributed by atoms with Crippen LogP contribution in [0.25, 0.3) is 10.4 Å². The van der Waals surface area contributed by atoms with Gasteiger partial charge >= 0.3 is 5.97 Å². The van der Waals surface area contributed by atoms with E-state index in [1.165, 1.54) is 6.07 Å². The first kappa shape index (κ1) is 12.0. The van der Waals surface area contributed by atoms with Crippen molar-refractivity contribution < 1.29 is 14.6 Å². The number of aromatic carboxylic acids is 1. The van der Waals surface area contributed by atoms with Crippen molar-refractivity contribution in [2.75, 3.05) is 13.2 Å². The molecule has 0 bridgehead atoms. The molecule has 1 rings (SSSR count). The van der Waals surface area contributed by atoms with Gasteiger partial charge in [-0.3, -0.25) is 0 Å². The van der Waals surface area contributed by atoms with E-state index in [0.29, 0.717) is 5.56 Å². The van der Waals surface area contributed by atoms with Crippen molar-refractivity contribution in [1.82, 2.24) is 0 Å². The molecule has 0 aliphatic heterocycles. The number of benzene rings is 1. The number of carbonyl (C=O) groups is 1. The quantitative estimate of drug-likeness (QED) is 0.345. The molecule has 1 aromatic rings. The molecule has 6 nitrogen and oxygen atoms in total. The van der Waals surface area contributed by atoms with E-state index in [9.17, 15) is 4.79 Å². The predicted octanol–water partition coefficient (Wildman–Crippen LogP) is 2.21. The number of carboxylic acid groups (broad SMARTS) is 1. The standard InChI is InChI=1S/C10H11N3O3/c11-13-12-5-6-16-7-8-3-1-2-4-9(8)10(14)15/h1-4H,5-7H2,(H,14,15). The van der Waals surface area contributed by atoms with Gasteiger partial charge in [-0.05, 0) is 17.2 Å². The summed E-state index contributed by atoms with van der Waals surface area (Å²) in [6.07, 6.45) is 0. The van der Waals surface area contributed by atoms with Gasteiger partial charge in [-0.25, -0.2) is 4.79 Å². The summed E-state index contributed by atoms with van der Waals surface area (Å²) >= 11 is 0. The van der Waals surface area contributed by atoms with Crippen LogP contribution in [0.2, 0.25) is 0 Å². The summed E-state index contributed by atoms with van der Waals surface area (Å²) in [7, 11) is 0. The van der Waals surface area contributed by atoms with Crippen molar-refractivity contribution in [2.24, 2.45) is 5.11 Å². The number of ether oxygens (including phenoxy) is 1. The van der Waals surface area contributed by atoms with Crippen molar-refractivity contribution in [3.8, 4) is 0 Å². The van der Waals surface area contributed by atoms with E-state index >= 15 is 0 Å². The minimum atomic E-state index is -0.978. The summed E-state index contributed by atoms with van der Waals surface area (Å²) in [5, 5.41) is 12.2. The molecule has 16 heavy (non-hydrogen) atoms. The van der Waals surface area contributed by atoms with Crippen LogP contribution in [0.5, 0.6) is 0 Å². The Kier molecular flexibility index (Phi) is 4.85. The van der Waals surface area contributed by atoms with Crippen LogP contribution in [0, 0.1) is 0 Å². The summed E-state index contributed by atoms with van der Waals surface area (Å²) in [4.78, 5) is 13.4. The average Bonchev–Trinajstić information content (AvgIpc) is 2.29. The normalized spacial score (nSPS) is 9.50. The van der Waals surface area contributed by atoms with E-state index in [2.05, 4.69) is 10.0 Å². The fourth-order valence-corrected chi connectivity index (χ4v) is 1.19. The predicted molar refractivity (Wildman–Crippen MR) is 57.1 cm³/mol. The SMILES string of the molecule is [N-]=[N+]=NCCOCc1ccccc1C(=O)O. The Labute approximate surface area is 92.1 Å². The smallest absolute Gasteiger partial charge is 0.336 e. The van der Waals surface area contributed by atoms with Gasteiger partial charge < -0.3 is 9.84 Å². The van der Waals surface area contributed by atoms with E-state index in [1.807, 2.05) is 0 Å².